The number of nitrogens with one attached hydrogen (secondary N) is 3. The summed E-state index contributed by atoms with van der Waals surface area (Å²) in [6, 6.07) is 17.1. The highest BCUT2D eigenvalue weighted by Crippen LogP contribution is 2.33. The molecule has 0 aliphatic rings. The van der Waals surface area contributed by atoms with E-state index in [-0.39, 0.29) is 5.97 Å². The number of carbonyl (C=O) groups excluding carboxylic acids is 2. The number of hydrogen-bond donors (Lipinski definition) is 3. The van der Waals surface area contributed by atoms with Crippen molar-refractivity contribution in [2.45, 2.75) is 25.8 Å². The van der Waals surface area contributed by atoms with Crippen molar-refractivity contribution in [3.63, 3.8) is 0 Å². The van der Waals surface area contributed by atoms with Crippen LogP contribution in [0.2, 0.25) is 5.02 Å². The van der Waals surface area contributed by atoms with Crippen LogP contribution in [0, 0.1) is 0 Å². The van der Waals surface area contributed by atoms with Gasteiger partial charge in [-0.2, -0.15) is 0 Å². The van der Waals surface area contributed by atoms with Crippen molar-refractivity contribution in [1.29, 1.82) is 0 Å². The molecule has 0 fully saturated rings. The van der Waals surface area contributed by atoms with Crippen molar-refractivity contribution in [1.82, 2.24) is 14.5 Å². The van der Waals surface area contributed by atoms with Crippen LogP contribution in [0.4, 0.5) is 16.2 Å². The highest BCUT2D eigenvalue weighted by molar-refractivity contribution is 6.33. The molecule has 188 valence electrons. The molecule has 37 heavy (non-hydrogen) atoms. The molecule has 2 amide bonds. The Morgan fingerprint density at radius 3 is 2.68 bits per heavy atom. The first-order valence-electron chi connectivity index (χ1n) is 12.1. The van der Waals surface area contributed by atoms with Gasteiger partial charge >= 0.3 is 12.0 Å². The number of amides is 2. The van der Waals surface area contributed by atoms with Gasteiger partial charge in [-0.3, -0.25) is 0 Å². The van der Waals surface area contributed by atoms with Crippen LogP contribution in [0.25, 0.3) is 21.9 Å². The Kier molecular flexibility index (Phi) is 7.09. The average Bonchev–Trinajstić information content (AvgIpc) is 3.52. The maximum atomic E-state index is 13.4. The second-order valence-corrected chi connectivity index (χ2v) is 8.99. The number of carbonyl (C=O) groups is 2. The number of hydrogen-bond acceptors (Lipinski definition) is 4. The summed E-state index contributed by atoms with van der Waals surface area (Å²) in [5.41, 5.74) is 3.33. The number of ether oxygens (including phenoxy) is 1. The number of fused-ring (bicyclic) bond motifs is 2. The number of aromatic nitrogens is 3. The summed E-state index contributed by atoms with van der Waals surface area (Å²) in [6.45, 7) is 2.40. The molecule has 3 N–H and O–H groups in total. The zero-order valence-corrected chi connectivity index (χ0v) is 21.0. The summed E-state index contributed by atoms with van der Waals surface area (Å²) in [7, 11) is 0. The fourth-order valence-corrected chi connectivity index (χ4v) is 4.53. The minimum Gasteiger partial charge on any atom is -0.464 e. The second kappa shape index (κ2) is 10.8. The Hall–Kier alpha value is -4.30. The Morgan fingerprint density at radius 1 is 1.03 bits per heavy atom. The number of unbranched alkanes of at least 4 members (excludes halogenated alkanes) is 1. The van der Waals surface area contributed by atoms with Gasteiger partial charge in [0, 0.05) is 34.9 Å². The van der Waals surface area contributed by atoms with Gasteiger partial charge in [-0.15, -0.1) is 0 Å². The van der Waals surface area contributed by atoms with Gasteiger partial charge in [0.1, 0.15) is 5.65 Å². The topological polar surface area (TPSA) is 101 Å². The lowest BCUT2D eigenvalue weighted by molar-refractivity contribution is -0.146. The zero-order chi connectivity index (χ0) is 25.8. The second-order valence-electron chi connectivity index (χ2n) is 8.59. The van der Waals surface area contributed by atoms with Crippen LogP contribution >= 0.6 is 11.6 Å². The number of urea groups is 1. The lowest BCUT2D eigenvalue weighted by atomic mass is 10.1. The molecule has 8 nitrogen and oxygen atoms in total. The minimum absolute atomic E-state index is 0.348. The number of rotatable bonds is 8. The van der Waals surface area contributed by atoms with Gasteiger partial charge in [-0.05, 0) is 48.9 Å². The molecule has 0 aliphatic heterocycles. The van der Waals surface area contributed by atoms with Crippen molar-refractivity contribution in [2.75, 3.05) is 17.2 Å². The lowest BCUT2D eigenvalue weighted by Crippen LogP contribution is -2.23. The van der Waals surface area contributed by atoms with E-state index in [4.69, 9.17) is 16.3 Å². The van der Waals surface area contributed by atoms with E-state index in [1.807, 2.05) is 54.1 Å². The predicted molar refractivity (Wildman–Crippen MR) is 146 cm³/mol. The predicted octanol–water partition coefficient (Wildman–Crippen LogP) is 6.75. The summed E-state index contributed by atoms with van der Waals surface area (Å²) in [5, 5.41) is 7.73. The maximum Gasteiger partial charge on any atom is 0.333 e. The van der Waals surface area contributed by atoms with Crippen molar-refractivity contribution in [3.8, 4) is 0 Å². The number of pyridine rings is 1. The fourth-order valence-electron chi connectivity index (χ4n) is 4.35. The number of esters is 1. The fraction of sp³-hybridized carbons (Fsp3) is 0.179. The average molecular weight is 516 g/mol. The van der Waals surface area contributed by atoms with Crippen molar-refractivity contribution in [2.24, 2.45) is 0 Å². The van der Waals surface area contributed by atoms with E-state index in [2.05, 4.69) is 20.6 Å². The normalized spacial score (nSPS) is 11.9. The number of para-hydroxylation sites is 1. The molecule has 1 unspecified atom stereocenters. The minimum atomic E-state index is -0.737. The zero-order valence-electron chi connectivity index (χ0n) is 20.2. The molecule has 0 saturated heterocycles. The third-order valence-corrected chi connectivity index (χ3v) is 6.48. The molecule has 3 aromatic heterocycles. The Morgan fingerprint density at radius 2 is 1.84 bits per heavy atom. The highest BCUT2D eigenvalue weighted by atomic mass is 35.5. The van der Waals surface area contributed by atoms with E-state index in [0.29, 0.717) is 28.7 Å². The van der Waals surface area contributed by atoms with E-state index in [1.54, 1.807) is 36.7 Å². The molecular formula is C28H26ClN5O3. The maximum absolute atomic E-state index is 13.4. The van der Waals surface area contributed by atoms with Crippen LogP contribution in [0.3, 0.4) is 0 Å². The quantitative estimate of drug-likeness (QED) is 0.157. The summed E-state index contributed by atoms with van der Waals surface area (Å²) >= 11 is 6.17. The van der Waals surface area contributed by atoms with Crippen molar-refractivity contribution >= 4 is 56.9 Å². The molecule has 0 spiro atoms. The van der Waals surface area contributed by atoms with E-state index < -0.39 is 12.1 Å². The third kappa shape index (κ3) is 5.01. The lowest BCUT2D eigenvalue weighted by Gasteiger charge is -2.19. The van der Waals surface area contributed by atoms with E-state index in [1.165, 1.54) is 0 Å². The van der Waals surface area contributed by atoms with E-state index in [9.17, 15) is 9.59 Å². The van der Waals surface area contributed by atoms with Gasteiger partial charge in [0.15, 0.2) is 6.04 Å². The molecule has 3 heterocycles. The first-order valence-corrected chi connectivity index (χ1v) is 12.5. The molecule has 5 rings (SSSR count). The standard InChI is InChI=1S/C28H26ClN5O3/c1-2-3-16-37-27(35)25(20-17-31-26-18(20)8-7-14-30-26)34-15-13-19-22(11-6-12-24(19)34)32-28(36)33-23-10-5-4-9-21(23)29/h4-15,17,25H,2-3,16H2,1H3,(H,30,31)(H2,32,33,36). The largest absolute Gasteiger partial charge is 0.464 e. The Balaban J connectivity index is 1.50. The highest BCUT2D eigenvalue weighted by Gasteiger charge is 2.28. The summed E-state index contributed by atoms with van der Waals surface area (Å²) in [6.07, 6.45) is 7.05. The molecule has 2 aromatic carbocycles. The number of benzene rings is 2. The molecule has 0 aliphatic carbocycles. The number of nitrogens with zero attached hydrogens (tertiary/aromatic N) is 2. The van der Waals surface area contributed by atoms with Gasteiger partial charge in [-0.25, -0.2) is 14.6 Å². The summed E-state index contributed by atoms with van der Waals surface area (Å²) < 4.78 is 7.55. The Labute approximate surface area is 218 Å². The van der Waals surface area contributed by atoms with E-state index >= 15 is 0 Å². The van der Waals surface area contributed by atoms with Gasteiger partial charge in [0.2, 0.25) is 0 Å². The van der Waals surface area contributed by atoms with Crippen LogP contribution in [0.5, 0.6) is 0 Å². The van der Waals surface area contributed by atoms with Crippen LogP contribution in [0.15, 0.2) is 79.3 Å². The number of aromatic amines is 1. The monoisotopic (exact) mass is 515 g/mol. The Bertz CT molecular complexity index is 1570. The first-order chi connectivity index (χ1) is 18.1. The smallest absolute Gasteiger partial charge is 0.333 e. The molecule has 1 atom stereocenters. The van der Waals surface area contributed by atoms with Gasteiger partial charge < -0.3 is 24.9 Å². The van der Waals surface area contributed by atoms with Gasteiger partial charge in [0.05, 0.1) is 28.5 Å². The molecule has 5 aromatic rings. The molecule has 0 saturated carbocycles. The van der Waals surface area contributed by atoms with Gasteiger partial charge in [-0.1, -0.05) is 43.1 Å². The molecule has 0 radical (unpaired) electrons. The number of H-pyrrole nitrogens is 1. The number of halogens is 1. The summed E-state index contributed by atoms with van der Waals surface area (Å²) in [5.74, 6) is -0.356. The molecule has 9 heteroatoms. The van der Waals surface area contributed by atoms with Crippen molar-refractivity contribution in [3.05, 3.63) is 89.8 Å². The third-order valence-electron chi connectivity index (χ3n) is 6.15. The van der Waals surface area contributed by atoms with Crippen LogP contribution < -0.4 is 10.6 Å². The van der Waals surface area contributed by atoms with Crippen molar-refractivity contribution < 1.29 is 14.3 Å². The first kappa shape index (κ1) is 24.4. The SMILES string of the molecule is CCCCOC(=O)C(c1c[nH]c2ncccc12)n1ccc2c(NC(=O)Nc3ccccc3Cl)cccc21. The van der Waals surface area contributed by atoms with Gasteiger partial charge in [0.25, 0.3) is 0 Å². The van der Waals surface area contributed by atoms with E-state index in [0.717, 1.165) is 34.7 Å². The van der Waals surface area contributed by atoms with Crippen LogP contribution in [-0.4, -0.2) is 33.1 Å². The molecular weight excluding hydrogens is 490 g/mol. The molecule has 0 bridgehead atoms. The van der Waals surface area contributed by atoms with Crippen LogP contribution in [-0.2, 0) is 9.53 Å². The van der Waals surface area contributed by atoms with Crippen LogP contribution in [0.1, 0.15) is 31.4 Å². The number of anilines is 2. The summed E-state index contributed by atoms with van der Waals surface area (Å²) in [4.78, 5) is 33.7.